The first kappa shape index (κ1) is 25.4. The summed E-state index contributed by atoms with van der Waals surface area (Å²) in [5.41, 5.74) is 2.65. The van der Waals surface area contributed by atoms with Crippen LogP contribution in [-0.4, -0.2) is 50.6 Å². The minimum absolute atomic E-state index is 0.0700. The summed E-state index contributed by atoms with van der Waals surface area (Å²) in [4.78, 5) is 23.5. The Hall–Kier alpha value is -4.24. The van der Waals surface area contributed by atoms with E-state index in [1.54, 1.807) is 24.3 Å². The number of carbonyl (C=O) groups is 2. The first-order chi connectivity index (χ1) is 16.9. The second-order valence-electron chi connectivity index (χ2n) is 7.37. The summed E-state index contributed by atoms with van der Waals surface area (Å²) in [7, 11) is 6.00. The van der Waals surface area contributed by atoms with E-state index >= 15 is 0 Å². The Labute approximate surface area is 202 Å². The van der Waals surface area contributed by atoms with Crippen LogP contribution in [0.5, 0.6) is 23.0 Å². The van der Waals surface area contributed by atoms with E-state index in [9.17, 15) is 14.7 Å². The van der Waals surface area contributed by atoms with E-state index in [0.29, 0.717) is 45.3 Å². The number of methoxy groups -OCH3 is 4. The highest BCUT2D eigenvalue weighted by molar-refractivity contribution is 5.92. The normalized spacial score (nSPS) is 10.4. The van der Waals surface area contributed by atoms with E-state index in [0.717, 1.165) is 0 Å². The van der Waals surface area contributed by atoms with Crippen molar-refractivity contribution in [3.05, 3.63) is 70.8 Å². The first-order valence-corrected chi connectivity index (χ1v) is 10.5. The molecule has 3 aromatic carbocycles. The minimum Gasteiger partial charge on any atom is -0.493 e. The Balaban J connectivity index is 2.00. The highest BCUT2D eigenvalue weighted by atomic mass is 16.5. The second kappa shape index (κ2) is 11.3. The molecule has 0 heterocycles. The van der Waals surface area contributed by atoms with Gasteiger partial charge in [0.2, 0.25) is 0 Å². The number of hydrogen-bond donors (Lipinski definition) is 2. The van der Waals surface area contributed by atoms with Crippen molar-refractivity contribution in [1.29, 1.82) is 0 Å². The lowest BCUT2D eigenvalue weighted by atomic mass is 9.97. The van der Waals surface area contributed by atoms with Crippen LogP contribution in [0.15, 0.2) is 48.5 Å². The van der Waals surface area contributed by atoms with Gasteiger partial charge in [-0.15, -0.1) is 0 Å². The largest absolute Gasteiger partial charge is 0.493 e. The molecule has 0 saturated carbocycles. The smallest absolute Gasteiger partial charge is 0.338 e. The number of esters is 1. The summed E-state index contributed by atoms with van der Waals surface area (Å²) in [5.74, 6) is -0.0195. The van der Waals surface area contributed by atoms with E-state index in [1.165, 1.54) is 52.7 Å². The van der Waals surface area contributed by atoms with Gasteiger partial charge in [-0.25, -0.2) is 9.59 Å². The molecule has 0 bridgehead atoms. The summed E-state index contributed by atoms with van der Waals surface area (Å²) < 4.78 is 27.6. The van der Waals surface area contributed by atoms with Crippen LogP contribution in [-0.2, 0) is 18.0 Å². The number of ether oxygens (including phenoxy) is 5. The zero-order valence-electron chi connectivity index (χ0n) is 19.8. The number of benzene rings is 3. The quantitative estimate of drug-likeness (QED) is 0.414. The van der Waals surface area contributed by atoms with Gasteiger partial charge in [0, 0.05) is 11.1 Å². The number of rotatable bonds is 10. The van der Waals surface area contributed by atoms with Gasteiger partial charge >= 0.3 is 11.9 Å². The molecule has 0 unspecified atom stereocenters. The summed E-state index contributed by atoms with van der Waals surface area (Å²) >= 11 is 0. The van der Waals surface area contributed by atoms with E-state index in [2.05, 4.69) is 0 Å². The average Bonchev–Trinajstić information content (AvgIpc) is 2.89. The van der Waals surface area contributed by atoms with Gasteiger partial charge in [0.1, 0.15) is 6.61 Å². The first-order valence-electron chi connectivity index (χ1n) is 10.5. The number of carboxylic acids is 1. The Morgan fingerprint density at radius 3 is 1.66 bits per heavy atom. The van der Waals surface area contributed by atoms with Crippen LogP contribution in [0, 0.1) is 0 Å². The molecule has 0 aromatic heterocycles. The lowest BCUT2D eigenvalue weighted by molar-refractivity contribution is 0.0471. The molecule has 3 rings (SSSR count). The Bertz CT molecular complexity index is 1220. The maximum absolute atomic E-state index is 12.5. The third-order valence-electron chi connectivity index (χ3n) is 5.29. The fraction of sp³-hybridized carbons (Fsp3) is 0.231. The SMILES string of the molecule is COc1cc(CO)cc(-c2cc(COC(=O)c3ccc(C(=O)O)cc3)cc(OC)c2OC)c1OC. The highest BCUT2D eigenvalue weighted by Crippen LogP contribution is 2.46. The number of hydrogen-bond acceptors (Lipinski definition) is 8. The summed E-state index contributed by atoms with van der Waals surface area (Å²) in [6.07, 6.45) is 0. The molecule has 0 aliphatic rings. The van der Waals surface area contributed by atoms with Gasteiger partial charge in [0.15, 0.2) is 23.0 Å². The number of aromatic carboxylic acids is 1. The van der Waals surface area contributed by atoms with Crippen molar-refractivity contribution in [3.8, 4) is 34.1 Å². The molecular weight excluding hydrogens is 456 g/mol. The van der Waals surface area contributed by atoms with Gasteiger partial charge in [-0.2, -0.15) is 0 Å². The third-order valence-corrected chi connectivity index (χ3v) is 5.29. The lowest BCUT2D eigenvalue weighted by Crippen LogP contribution is -2.07. The van der Waals surface area contributed by atoms with Crippen LogP contribution in [0.25, 0.3) is 11.1 Å². The molecule has 2 N–H and O–H groups in total. The van der Waals surface area contributed by atoms with Crippen molar-refractivity contribution >= 4 is 11.9 Å². The molecule has 0 aliphatic carbocycles. The number of carbonyl (C=O) groups excluding carboxylic acids is 1. The van der Waals surface area contributed by atoms with Gasteiger partial charge in [0.05, 0.1) is 46.2 Å². The molecule has 184 valence electrons. The summed E-state index contributed by atoms with van der Waals surface area (Å²) in [6.45, 7) is -0.309. The zero-order valence-corrected chi connectivity index (χ0v) is 19.8. The summed E-state index contributed by atoms with van der Waals surface area (Å²) in [5, 5.41) is 18.7. The van der Waals surface area contributed by atoms with Gasteiger partial charge in [-0.3, -0.25) is 0 Å². The van der Waals surface area contributed by atoms with Crippen molar-refractivity contribution < 1.29 is 43.5 Å². The second-order valence-corrected chi connectivity index (χ2v) is 7.37. The van der Waals surface area contributed by atoms with Crippen LogP contribution in [0.1, 0.15) is 31.8 Å². The standard InChI is InChI=1S/C26H26O9/c1-31-21-11-15(13-27)9-19(23(21)33-3)20-10-16(12-22(32-2)24(20)34-4)14-35-26(30)18-7-5-17(6-8-18)25(28)29/h5-12,27H,13-14H2,1-4H3,(H,28,29). The van der Waals surface area contributed by atoms with Crippen LogP contribution in [0.3, 0.4) is 0 Å². The van der Waals surface area contributed by atoms with Gasteiger partial charge in [0.25, 0.3) is 0 Å². The zero-order chi connectivity index (χ0) is 25.5. The lowest BCUT2D eigenvalue weighted by Gasteiger charge is -2.19. The monoisotopic (exact) mass is 482 g/mol. The molecule has 0 atom stereocenters. The van der Waals surface area contributed by atoms with E-state index in [4.69, 9.17) is 28.8 Å². The van der Waals surface area contributed by atoms with Crippen LogP contribution in [0.4, 0.5) is 0 Å². The predicted octanol–water partition coefficient (Wildman–Crippen LogP) is 3.94. The maximum atomic E-state index is 12.5. The predicted molar refractivity (Wildman–Crippen MR) is 127 cm³/mol. The molecule has 9 heteroatoms. The molecule has 0 radical (unpaired) electrons. The molecule has 0 fully saturated rings. The molecule has 0 spiro atoms. The van der Waals surface area contributed by atoms with Crippen molar-refractivity contribution in [2.45, 2.75) is 13.2 Å². The van der Waals surface area contributed by atoms with E-state index in [1.807, 2.05) is 0 Å². The van der Waals surface area contributed by atoms with Gasteiger partial charge in [-0.05, 0) is 59.7 Å². The fourth-order valence-electron chi connectivity index (χ4n) is 3.60. The van der Waals surface area contributed by atoms with Crippen LogP contribution in [0.2, 0.25) is 0 Å². The highest BCUT2D eigenvalue weighted by Gasteiger charge is 2.21. The van der Waals surface area contributed by atoms with Crippen LogP contribution < -0.4 is 18.9 Å². The molecule has 0 aliphatic heterocycles. The Kier molecular flexibility index (Phi) is 8.17. The molecule has 0 saturated heterocycles. The van der Waals surface area contributed by atoms with Gasteiger partial charge in [-0.1, -0.05) is 0 Å². The fourth-order valence-corrected chi connectivity index (χ4v) is 3.60. The molecule has 3 aromatic rings. The number of aliphatic hydroxyl groups is 1. The van der Waals surface area contributed by atoms with Crippen molar-refractivity contribution in [2.24, 2.45) is 0 Å². The molecule has 9 nitrogen and oxygen atoms in total. The van der Waals surface area contributed by atoms with Gasteiger partial charge < -0.3 is 33.9 Å². The summed E-state index contributed by atoms with van der Waals surface area (Å²) in [6, 6.07) is 12.3. The average molecular weight is 482 g/mol. The van der Waals surface area contributed by atoms with E-state index in [-0.39, 0.29) is 24.3 Å². The van der Waals surface area contributed by atoms with Crippen molar-refractivity contribution in [1.82, 2.24) is 0 Å². The Morgan fingerprint density at radius 1 is 0.714 bits per heavy atom. The minimum atomic E-state index is -1.08. The third kappa shape index (κ3) is 5.47. The van der Waals surface area contributed by atoms with Crippen LogP contribution >= 0.6 is 0 Å². The van der Waals surface area contributed by atoms with E-state index < -0.39 is 11.9 Å². The van der Waals surface area contributed by atoms with Crippen molar-refractivity contribution in [3.63, 3.8) is 0 Å². The topological polar surface area (TPSA) is 121 Å². The van der Waals surface area contributed by atoms with Crippen molar-refractivity contribution in [2.75, 3.05) is 28.4 Å². The maximum Gasteiger partial charge on any atom is 0.338 e. The Morgan fingerprint density at radius 2 is 1.20 bits per heavy atom. The number of carboxylic acid groups (broad SMARTS) is 1. The molecule has 35 heavy (non-hydrogen) atoms. The number of aliphatic hydroxyl groups excluding tert-OH is 1. The molecular formula is C26H26O9. The molecule has 0 amide bonds.